The van der Waals surface area contributed by atoms with Crippen molar-refractivity contribution in [3.05, 3.63) is 42.1 Å². The van der Waals surface area contributed by atoms with Gasteiger partial charge in [0.1, 0.15) is 11.2 Å². The maximum Gasteiger partial charge on any atom is 0.357 e. The lowest BCUT2D eigenvalue weighted by Crippen LogP contribution is -2.51. The third-order valence-electron chi connectivity index (χ3n) is 5.04. The average molecular weight is 351 g/mol. The van der Waals surface area contributed by atoms with E-state index < -0.39 is 18.1 Å². The zero-order chi connectivity index (χ0) is 18.6. The number of para-hydroxylation sites is 1. The highest BCUT2D eigenvalue weighted by Crippen LogP contribution is 2.32. The van der Waals surface area contributed by atoms with Gasteiger partial charge >= 0.3 is 5.97 Å². The number of benzene rings is 1. The molecule has 0 spiro atoms. The van der Waals surface area contributed by atoms with E-state index in [1.807, 2.05) is 24.3 Å². The Bertz CT molecular complexity index is 866. The fourth-order valence-corrected chi connectivity index (χ4v) is 3.38. The second-order valence-corrected chi connectivity index (χ2v) is 6.62. The molecule has 6 nitrogen and oxygen atoms in total. The van der Waals surface area contributed by atoms with Crippen LogP contribution < -0.4 is 0 Å². The summed E-state index contributed by atoms with van der Waals surface area (Å²) in [4.78, 5) is 30.4. The number of rotatable bonds is 4. The summed E-state index contributed by atoms with van der Waals surface area (Å²) in [5, 5.41) is 10.5. The number of aromatic nitrogens is 1. The molecule has 0 radical (unpaired) electrons. The molecule has 26 heavy (non-hydrogen) atoms. The minimum Gasteiger partial charge on any atom is -0.451 e. The third-order valence-corrected chi connectivity index (χ3v) is 5.04. The van der Waals surface area contributed by atoms with Gasteiger partial charge < -0.3 is 9.64 Å². The van der Waals surface area contributed by atoms with E-state index in [9.17, 15) is 14.9 Å². The second-order valence-electron chi connectivity index (χ2n) is 6.62. The number of carbonyl (C=O) groups is 2. The molecule has 0 unspecified atom stereocenters. The van der Waals surface area contributed by atoms with Gasteiger partial charge in [-0.15, -0.1) is 0 Å². The van der Waals surface area contributed by atoms with E-state index in [0.29, 0.717) is 18.4 Å². The highest BCUT2D eigenvalue weighted by atomic mass is 16.5. The molecular formula is C20H21N3O3. The van der Waals surface area contributed by atoms with Crippen molar-refractivity contribution in [2.75, 3.05) is 13.7 Å². The first-order valence-electron chi connectivity index (χ1n) is 8.76. The number of amides is 1. The molecule has 0 atom stereocenters. The lowest BCUT2D eigenvalue weighted by Gasteiger charge is -2.38. The number of nitrogens with zero attached hydrogens (tertiary/aromatic N) is 3. The molecule has 134 valence electrons. The first-order chi connectivity index (χ1) is 12.6. The van der Waals surface area contributed by atoms with Crippen molar-refractivity contribution >= 4 is 22.8 Å². The Balaban J connectivity index is 1.64. The molecule has 0 saturated heterocycles. The highest BCUT2D eigenvalue weighted by Gasteiger charge is 2.39. The Hall–Kier alpha value is -2.94. The van der Waals surface area contributed by atoms with Crippen LogP contribution in [0.5, 0.6) is 0 Å². The van der Waals surface area contributed by atoms with Crippen LogP contribution in [0.15, 0.2) is 36.4 Å². The Morgan fingerprint density at radius 1 is 1.19 bits per heavy atom. The summed E-state index contributed by atoms with van der Waals surface area (Å²) in [6.07, 6.45) is 4.24. The molecule has 1 fully saturated rings. The van der Waals surface area contributed by atoms with E-state index in [2.05, 4.69) is 11.1 Å². The molecule has 1 aromatic heterocycles. The maximum atomic E-state index is 12.4. The molecule has 1 aliphatic rings. The quantitative estimate of drug-likeness (QED) is 0.791. The molecule has 3 rings (SSSR count). The summed E-state index contributed by atoms with van der Waals surface area (Å²) in [6.45, 7) is -0.396. The molecule has 2 aromatic rings. The molecule has 1 aromatic carbocycles. The van der Waals surface area contributed by atoms with Gasteiger partial charge in [-0.3, -0.25) is 4.79 Å². The molecule has 0 aliphatic heterocycles. The van der Waals surface area contributed by atoms with Gasteiger partial charge in [0.05, 0.1) is 11.6 Å². The normalized spacial score (nSPS) is 15.8. The lowest BCUT2D eigenvalue weighted by molar-refractivity contribution is -0.138. The van der Waals surface area contributed by atoms with Crippen LogP contribution in [0.4, 0.5) is 0 Å². The van der Waals surface area contributed by atoms with Crippen molar-refractivity contribution in [2.24, 2.45) is 0 Å². The number of hydrogen-bond acceptors (Lipinski definition) is 5. The van der Waals surface area contributed by atoms with E-state index in [-0.39, 0.29) is 11.6 Å². The van der Waals surface area contributed by atoms with Crippen molar-refractivity contribution in [2.45, 2.75) is 37.6 Å². The first kappa shape index (κ1) is 17.9. The number of esters is 1. The minimum atomic E-state index is -0.789. The predicted molar refractivity (Wildman–Crippen MR) is 96.2 cm³/mol. The van der Waals surface area contributed by atoms with Crippen LogP contribution in [-0.2, 0) is 9.53 Å². The molecule has 1 aliphatic carbocycles. The van der Waals surface area contributed by atoms with Gasteiger partial charge in [-0.05, 0) is 25.0 Å². The monoisotopic (exact) mass is 351 g/mol. The fraction of sp³-hybridized carbons (Fsp3) is 0.400. The Labute approximate surface area is 152 Å². The van der Waals surface area contributed by atoms with Crippen LogP contribution in [0.25, 0.3) is 10.9 Å². The summed E-state index contributed by atoms with van der Waals surface area (Å²) in [7, 11) is 1.61. The standard InChI is InChI=1S/C20H21N3O3/c1-23(20(14-21)11-5-2-6-12-20)18(24)13-26-19(25)17-10-9-15-7-3-4-8-16(15)22-17/h3-4,7-10H,2,5-6,11-13H2,1H3. The summed E-state index contributed by atoms with van der Waals surface area (Å²) in [6, 6.07) is 13.1. The Kier molecular flexibility index (Phi) is 5.17. The van der Waals surface area contributed by atoms with Crippen molar-refractivity contribution in [1.29, 1.82) is 5.26 Å². The van der Waals surface area contributed by atoms with Crippen LogP contribution in [0, 0.1) is 11.3 Å². The highest BCUT2D eigenvalue weighted by molar-refractivity contribution is 5.92. The largest absolute Gasteiger partial charge is 0.451 e. The predicted octanol–water partition coefficient (Wildman–Crippen LogP) is 3.08. The number of ether oxygens (including phenoxy) is 1. The summed E-state index contributed by atoms with van der Waals surface area (Å²) < 4.78 is 5.14. The SMILES string of the molecule is CN(C(=O)COC(=O)c1ccc2ccccc2n1)C1(C#N)CCCCC1. The fourth-order valence-electron chi connectivity index (χ4n) is 3.38. The maximum absolute atomic E-state index is 12.4. The van der Waals surface area contributed by atoms with Gasteiger partial charge in [-0.1, -0.05) is 43.5 Å². The van der Waals surface area contributed by atoms with Gasteiger partial charge in [-0.2, -0.15) is 5.26 Å². The van der Waals surface area contributed by atoms with Crippen molar-refractivity contribution in [3.8, 4) is 6.07 Å². The van der Waals surface area contributed by atoms with Crippen molar-refractivity contribution < 1.29 is 14.3 Å². The van der Waals surface area contributed by atoms with Gasteiger partial charge in [-0.25, -0.2) is 9.78 Å². The van der Waals surface area contributed by atoms with Gasteiger partial charge in [0.2, 0.25) is 0 Å². The smallest absolute Gasteiger partial charge is 0.357 e. The first-order valence-corrected chi connectivity index (χ1v) is 8.76. The van der Waals surface area contributed by atoms with E-state index in [0.717, 1.165) is 24.6 Å². The topological polar surface area (TPSA) is 83.3 Å². The van der Waals surface area contributed by atoms with Gasteiger partial charge in [0.25, 0.3) is 5.91 Å². The number of fused-ring (bicyclic) bond motifs is 1. The number of nitriles is 1. The van der Waals surface area contributed by atoms with Crippen molar-refractivity contribution in [1.82, 2.24) is 9.88 Å². The average Bonchev–Trinajstić information content (AvgIpc) is 2.71. The minimum absolute atomic E-state index is 0.159. The number of carbonyl (C=O) groups excluding carboxylic acids is 2. The Morgan fingerprint density at radius 2 is 1.92 bits per heavy atom. The van der Waals surface area contributed by atoms with Crippen LogP contribution in [-0.4, -0.2) is 41.0 Å². The molecule has 1 amide bonds. The van der Waals surface area contributed by atoms with Gasteiger partial charge in [0.15, 0.2) is 6.61 Å². The van der Waals surface area contributed by atoms with E-state index in [1.54, 1.807) is 19.2 Å². The van der Waals surface area contributed by atoms with Crippen LogP contribution >= 0.6 is 0 Å². The number of likely N-dealkylation sites (N-methyl/N-ethyl adjacent to an activating group) is 1. The molecule has 0 bridgehead atoms. The van der Waals surface area contributed by atoms with Gasteiger partial charge in [0, 0.05) is 12.4 Å². The van der Waals surface area contributed by atoms with E-state index in [4.69, 9.17) is 4.74 Å². The van der Waals surface area contributed by atoms with Crippen LogP contribution in [0.2, 0.25) is 0 Å². The molecular weight excluding hydrogens is 330 g/mol. The van der Waals surface area contributed by atoms with Crippen LogP contribution in [0.1, 0.15) is 42.6 Å². The molecule has 6 heteroatoms. The molecule has 1 heterocycles. The second kappa shape index (κ2) is 7.52. The number of hydrogen-bond donors (Lipinski definition) is 0. The number of pyridine rings is 1. The van der Waals surface area contributed by atoms with E-state index >= 15 is 0 Å². The summed E-state index contributed by atoms with van der Waals surface area (Å²) >= 11 is 0. The zero-order valence-electron chi connectivity index (χ0n) is 14.8. The van der Waals surface area contributed by atoms with E-state index in [1.165, 1.54) is 4.90 Å². The summed E-state index contributed by atoms with van der Waals surface area (Å²) in [5.74, 6) is -1.02. The lowest BCUT2D eigenvalue weighted by atomic mass is 9.81. The zero-order valence-corrected chi connectivity index (χ0v) is 14.8. The molecule has 1 saturated carbocycles. The van der Waals surface area contributed by atoms with Crippen molar-refractivity contribution in [3.63, 3.8) is 0 Å². The summed E-state index contributed by atoms with van der Waals surface area (Å²) in [5.41, 5.74) is 0.0611. The molecule has 0 N–H and O–H groups in total. The third kappa shape index (κ3) is 3.52. The van der Waals surface area contributed by atoms with Crippen LogP contribution in [0.3, 0.4) is 0 Å². The Morgan fingerprint density at radius 3 is 2.65 bits per heavy atom.